The number of hydrogen-bond acceptors (Lipinski definition) is 7. The minimum absolute atomic E-state index is 0.0997. The number of hydrogen-bond donors (Lipinski definition) is 2. The van der Waals surface area contributed by atoms with E-state index in [-0.39, 0.29) is 23.6 Å². The molecule has 0 aliphatic heterocycles. The van der Waals surface area contributed by atoms with Crippen LogP contribution < -0.4 is 21.9 Å². The summed E-state index contributed by atoms with van der Waals surface area (Å²) in [6, 6.07) is 3.07. The van der Waals surface area contributed by atoms with Crippen molar-refractivity contribution in [3.8, 4) is 0 Å². The Bertz CT molecular complexity index is 951. The first-order valence-electron chi connectivity index (χ1n) is 8.90. The van der Waals surface area contributed by atoms with Gasteiger partial charge in [0.2, 0.25) is 0 Å². The Morgan fingerprint density at radius 2 is 2.07 bits per heavy atom. The quantitative estimate of drug-likeness (QED) is 0.627. The van der Waals surface area contributed by atoms with Gasteiger partial charge in [0.05, 0.1) is 5.56 Å². The van der Waals surface area contributed by atoms with Crippen LogP contribution in [0, 0.1) is 0 Å². The Morgan fingerprint density at radius 3 is 2.68 bits per heavy atom. The molecule has 0 aromatic carbocycles. The van der Waals surface area contributed by atoms with Crippen molar-refractivity contribution in [3.05, 3.63) is 50.9 Å². The molecule has 2 aromatic rings. The number of aromatic amines is 1. The molecular formula is C18H23N5O5. The van der Waals surface area contributed by atoms with Gasteiger partial charge in [-0.25, -0.2) is 9.59 Å². The molecule has 0 unspecified atom stereocenters. The highest BCUT2D eigenvalue weighted by Crippen LogP contribution is 2.17. The van der Waals surface area contributed by atoms with Crippen LogP contribution in [0.3, 0.4) is 0 Å². The number of unbranched alkanes of at least 4 members (excludes halogenated alkanes) is 1. The molecule has 3 N–H and O–H groups in total. The van der Waals surface area contributed by atoms with Gasteiger partial charge in [-0.2, -0.15) is 0 Å². The van der Waals surface area contributed by atoms with Crippen LogP contribution in [0.1, 0.15) is 37.0 Å². The highest BCUT2D eigenvalue weighted by Gasteiger charge is 2.24. The number of carbonyl (C=O) groups is 2. The number of rotatable bonds is 8. The van der Waals surface area contributed by atoms with Gasteiger partial charge in [0.25, 0.3) is 11.5 Å². The number of likely N-dealkylation sites (N-methyl/N-ethyl adjacent to an activating group) is 1. The van der Waals surface area contributed by atoms with Crippen LogP contribution in [-0.2, 0) is 16.1 Å². The first kappa shape index (κ1) is 20.9. The number of nitrogens with one attached hydrogen (secondary N) is 1. The van der Waals surface area contributed by atoms with E-state index in [1.54, 1.807) is 13.0 Å². The maximum atomic E-state index is 12.6. The average Bonchev–Trinajstić information content (AvgIpc) is 2.69. The van der Waals surface area contributed by atoms with E-state index in [1.165, 1.54) is 23.0 Å². The van der Waals surface area contributed by atoms with Crippen LogP contribution >= 0.6 is 0 Å². The van der Waals surface area contributed by atoms with Crippen molar-refractivity contribution >= 4 is 23.4 Å². The van der Waals surface area contributed by atoms with E-state index in [9.17, 15) is 19.2 Å². The van der Waals surface area contributed by atoms with Crippen LogP contribution in [0.4, 0.5) is 11.5 Å². The molecule has 0 saturated carbocycles. The molecule has 0 atom stereocenters. The second-order valence-corrected chi connectivity index (χ2v) is 5.95. The first-order valence-corrected chi connectivity index (χ1v) is 8.90. The lowest BCUT2D eigenvalue weighted by atomic mass is 10.3. The SMILES string of the molecule is CCCCn1c(N)c(N(CC)C(=O)COC(=O)c2cccnc2)c(=O)[nH]c1=O. The maximum absolute atomic E-state index is 12.6. The summed E-state index contributed by atoms with van der Waals surface area (Å²) in [5.74, 6) is -1.46. The van der Waals surface area contributed by atoms with Gasteiger partial charge in [0, 0.05) is 25.5 Å². The van der Waals surface area contributed by atoms with Crippen molar-refractivity contribution in [3.63, 3.8) is 0 Å². The van der Waals surface area contributed by atoms with E-state index in [0.29, 0.717) is 13.0 Å². The summed E-state index contributed by atoms with van der Waals surface area (Å²) in [5.41, 5.74) is 4.67. The zero-order valence-electron chi connectivity index (χ0n) is 15.8. The zero-order chi connectivity index (χ0) is 20.7. The minimum Gasteiger partial charge on any atom is -0.452 e. The third-order valence-corrected chi connectivity index (χ3v) is 4.06. The highest BCUT2D eigenvalue weighted by atomic mass is 16.5. The standard InChI is InChI=1S/C18H23N5O5/c1-3-5-9-23-15(19)14(16(25)21-18(23)27)22(4-2)13(24)11-28-17(26)12-7-6-8-20-10-12/h6-8,10H,3-5,9,11,19H2,1-2H3,(H,21,25,27). The summed E-state index contributed by atoms with van der Waals surface area (Å²) in [5, 5.41) is 0. The monoisotopic (exact) mass is 389 g/mol. The summed E-state index contributed by atoms with van der Waals surface area (Å²) >= 11 is 0. The van der Waals surface area contributed by atoms with E-state index in [1.807, 2.05) is 6.92 Å². The zero-order valence-corrected chi connectivity index (χ0v) is 15.8. The molecule has 0 bridgehead atoms. The van der Waals surface area contributed by atoms with Crippen molar-refractivity contribution in [2.24, 2.45) is 0 Å². The van der Waals surface area contributed by atoms with Crippen molar-refractivity contribution in [1.29, 1.82) is 0 Å². The van der Waals surface area contributed by atoms with E-state index in [0.717, 1.165) is 11.3 Å². The second kappa shape index (κ2) is 9.49. The minimum atomic E-state index is -0.774. The van der Waals surface area contributed by atoms with E-state index in [2.05, 4.69) is 9.97 Å². The number of pyridine rings is 1. The van der Waals surface area contributed by atoms with Crippen LogP contribution in [0.5, 0.6) is 0 Å². The molecule has 0 aliphatic carbocycles. The molecule has 0 fully saturated rings. The molecule has 2 heterocycles. The van der Waals surface area contributed by atoms with Gasteiger partial charge in [-0.15, -0.1) is 0 Å². The van der Waals surface area contributed by atoms with Gasteiger partial charge in [-0.1, -0.05) is 13.3 Å². The van der Waals surface area contributed by atoms with E-state index in [4.69, 9.17) is 10.5 Å². The molecule has 0 aliphatic rings. The number of nitrogens with zero attached hydrogens (tertiary/aromatic N) is 3. The van der Waals surface area contributed by atoms with Gasteiger partial charge < -0.3 is 15.4 Å². The first-order chi connectivity index (χ1) is 13.4. The lowest BCUT2D eigenvalue weighted by Gasteiger charge is -2.23. The highest BCUT2D eigenvalue weighted by molar-refractivity contribution is 5.98. The molecule has 10 nitrogen and oxygen atoms in total. The molecule has 2 rings (SSSR count). The Kier molecular flexibility index (Phi) is 7.08. The Hall–Kier alpha value is -3.43. The number of H-pyrrole nitrogens is 1. The number of anilines is 2. The maximum Gasteiger partial charge on any atom is 0.340 e. The van der Waals surface area contributed by atoms with E-state index < -0.39 is 29.7 Å². The molecule has 0 saturated heterocycles. The number of aromatic nitrogens is 3. The summed E-state index contributed by atoms with van der Waals surface area (Å²) in [6.45, 7) is 3.41. The number of carbonyl (C=O) groups excluding carboxylic acids is 2. The molecule has 2 aromatic heterocycles. The molecule has 150 valence electrons. The van der Waals surface area contributed by atoms with Crippen molar-refractivity contribution in [1.82, 2.24) is 14.5 Å². The topological polar surface area (TPSA) is 140 Å². The van der Waals surface area contributed by atoms with Crippen molar-refractivity contribution in [2.45, 2.75) is 33.2 Å². The molecular weight excluding hydrogens is 366 g/mol. The van der Waals surface area contributed by atoms with Gasteiger partial charge >= 0.3 is 11.7 Å². The largest absolute Gasteiger partial charge is 0.452 e. The molecule has 28 heavy (non-hydrogen) atoms. The third kappa shape index (κ3) is 4.64. The molecule has 0 spiro atoms. The predicted octanol–water partition coefficient (Wildman–Crippen LogP) is 0.524. The number of nitrogen functional groups attached to an aromatic ring is 1. The number of nitrogens with two attached hydrogens (primary N) is 1. The van der Waals surface area contributed by atoms with Crippen LogP contribution in [0.15, 0.2) is 34.1 Å². The van der Waals surface area contributed by atoms with Crippen molar-refractivity contribution < 1.29 is 14.3 Å². The normalized spacial score (nSPS) is 10.5. The fourth-order valence-electron chi connectivity index (χ4n) is 2.61. The van der Waals surface area contributed by atoms with Gasteiger partial charge in [0.15, 0.2) is 12.3 Å². The average molecular weight is 389 g/mol. The fraction of sp³-hybridized carbons (Fsp3) is 0.389. The molecule has 10 heteroatoms. The van der Waals surface area contributed by atoms with E-state index >= 15 is 0 Å². The number of esters is 1. The summed E-state index contributed by atoms with van der Waals surface area (Å²) in [6.07, 6.45) is 4.32. The van der Waals surface area contributed by atoms with Gasteiger partial charge in [0.1, 0.15) is 5.82 Å². The number of ether oxygens (including phenoxy) is 1. The Labute approximate surface area is 161 Å². The lowest BCUT2D eigenvalue weighted by Crippen LogP contribution is -2.42. The summed E-state index contributed by atoms with van der Waals surface area (Å²) < 4.78 is 6.22. The Balaban J connectivity index is 2.24. The van der Waals surface area contributed by atoms with Crippen LogP contribution in [-0.4, -0.2) is 39.6 Å². The third-order valence-electron chi connectivity index (χ3n) is 4.06. The van der Waals surface area contributed by atoms with Gasteiger partial charge in [-0.3, -0.25) is 24.1 Å². The second-order valence-electron chi connectivity index (χ2n) is 5.95. The van der Waals surface area contributed by atoms with Gasteiger partial charge in [-0.05, 0) is 25.5 Å². The Morgan fingerprint density at radius 1 is 1.32 bits per heavy atom. The predicted molar refractivity (Wildman–Crippen MR) is 103 cm³/mol. The summed E-state index contributed by atoms with van der Waals surface area (Å²) in [4.78, 5) is 55.9. The van der Waals surface area contributed by atoms with Crippen molar-refractivity contribution in [2.75, 3.05) is 23.8 Å². The smallest absolute Gasteiger partial charge is 0.340 e. The molecule has 0 radical (unpaired) electrons. The fourth-order valence-corrected chi connectivity index (χ4v) is 2.61. The lowest BCUT2D eigenvalue weighted by molar-refractivity contribution is -0.121. The molecule has 1 amide bonds. The summed E-state index contributed by atoms with van der Waals surface area (Å²) in [7, 11) is 0. The van der Waals surface area contributed by atoms with Crippen LogP contribution in [0.25, 0.3) is 0 Å². The van der Waals surface area contributed by atoms with Crippen LogP contribution in [0.2, 0.25) is 0 Å². The number of amides is 1.